The molecule has 2 aliphatic rings. The lowest BCUT2D eigenvalue weighted by Gasteiger charge is -2.27. The predicted molar refractivity (Wildman–Crippen MR) is 187 cm³/mol. The Hall–Kier alpha value is -4.98. The number of pyridine rings is 1. The molecule has 1 unspecified atom stereocenters. The van der Waals surface area contributed by atoms with Gasteiger partial charge in [-0.15, -0.1) is 0 Å². The van der Waals surface area contributed by atoms with Gasteiger partial charge in [0.25, 0.3) is 0 Å². The van der Waals surface area contributed by atoms with Gasteiger partial charge in [-0.1, -0.05) is 66.7 Å². The zero-order valence-corrected chi connectivity index (χ0v) is 27.2. The summed E-state index contributed by atoms with van der Waals surface area (Å²) in [7, 11) is 0. The lowest BCUT2D eigenvalue weighted by Crippen LogP contribution is -2.31. The number of aromatic nitrogens is 3. The number of imidazole rings is 1. The number of fused-ring (bicyclic) bond motifs is 7. The first kappa shape index (κ1) is 30.4. The molecular weight excluding hydrogens is 598 g/mol. The zero-order chi connectivity index (χ0) is 32.5. The second-order valence-electron chi connectivity index (χ2n) is 12.9. The van der Waals surface area contributed by atoms with Crippen LogP contribution in [0.15, 0.2) is 97.1 Å². The maximum atomic E-state index is 9.48. The van der Waals surface area contributed by atoms with E-state index in [-0.39, 0.29) is 12.7 Å². The molecule has 0 amide bonds. The van der Waals surface area contributed by atoms with Gasteiger partial charge in [0.2, 0.25) is 5.88 Å². The van der Waals surface area contributed by atoms with E-state index in [2.05, 4.69) is 78.2 Å². The van der Waals surface area contributed by atoms with Gasteiger partial charge in [-0.25, -0.2) is 9.97 Å². The molecule has 0 aliphatic carbocycles. The summed E-state index contributed by atoms with van der Waals surface area (Å²) in [5.41, 5.74) is 11.8. The van der Waals surface area contributed by atoms with E-state index < -0.39 is 0 Å². The first-order valence-corrected chi connectivity index (χ1v) is 16.8. The SMILES string of the molecule is Cc1ccc2nc(Cc3ccc4cc3OCCCc3cc(-c5ccc(CO)cc5)ccc3COc3cccc-4n3)n(CC3CCO3)c2c1. The molecule has 7 heteroatoms. The third-order valence-electron chi connectivity index (χ3n) is 9.50. The molecule has 4 heterocycles. The first-order valence-electron chi connectivity index (χ1n) is 16.8. The van der Waals surface area contributed by atoms with Gasteiger partial charge in [0.15, 0.2) is 0 Å². The smallest absolute Gasteiger partial charge is 0.214 e. The van der Waals surface area contributed by atoms with Gasteiger partial charge in [-0.05, 0) is 83.8 Å². The van der Waals surface area contributed by atoms with E-state index in [4.69, 9.17) is 24.2 Å². The first-order chi connectivity index (χ1) is 23.6. The van der Waals surface area contributed by atoms with E-state index in [1.54, 1.807) is 0 Å². The van der Waals surface area contributed by atoms with Crippen molar-refractivity contribution in [3.05, 3.63) is 131 Å². The number of nitrogens with zero attached hydrogens (tertiary/aromatic N) is 3. The Bertz CT molecular complexity index is 2080. The summed E-state index contributed by atoms with van der Waals surface area (Å²) in [5, 5.41) is 9.48. The molecular formula is C41H39N3O4. The summed E-state index contributed by atoms with van der Waals surface area (Å²) in [5.74, 6) is 2.46. The van der Waals surface area contributed by atoms with E-state index in [1.807, 2.05) is 30.3 Å². The molecule has 0 spiro atoms. The fourth-order valence-electron chi connectivity index (χ4n) is 6.65. The highest BCUT2D eigenvalue weighted by Crippen LogP contribution is 2.32. The van der Waals surface area contributed by atoms with Crippen molar-refractivity contribution < 1.29 is 19.3 Å². The van der Waals surface area contributed by atoms with Crippen LogP contribution in [0.25, 0.3) is 33.4 Å². The van der Waals surface area contributed by atoms with Gasteiger partial charge in [0, 0.05) is 30.2 Å². The fraction of sp³-hybridized carbons (Fsp3) is 0.268. The molecule has 242 valence electrons. The van der Waals surface area contributed by atoms with Crippen molar-refractivity contribution in [1.82, 2.24) is 14.5 Å². The number of hydrogen-bond donors (Lipinski definition) is 1. The van der Waals surface area contributed by atoms with Gasteiger partial charge >= 0.3 is 0 Å². The third kappa shape index (κ3) is 6.31. The highest BCUT2D eigenvalue weighted by Gasteiger charge is 2.23. The minimum absolute atomic E-state index is 0.0385. The lowest BCUT2D eigenvalue weighted by molar-refractivity contribution is -0.0589. The molecule has 8 rings (SSSR count). The number of rotatable bonds is 6. The minimum Gasteiger partial charge on any atom is -0.493 e. The average Bonchev–Trinajstić information content (AvgIpc) is 3.43. The van der Waals surface area contributed by atoms with Crippen LogP contribution in [0.5, 0.6) is 11.6 Å². The maximum absolute atomic E-state index is 9.48. The Morgan fingerprint density at radius 2 is 1.67 bits per heavy atom. The van der Waals surface area contributed by atoms with E-state index in [9.17, 15) is 5.11 Å². The van der Waals surface area contributed by atoms with Crippen LogP contribution >= 0.6 is 0 Å². The van der Waals surface area contributed by atoms with E-state index in [1.165, 1.54) is 11.1 Å². The van der Waals surface area contributed by atoms with Crippen LogP contribution in [0, 0.1) is 6.92 Å². The second-order valence-corrected chi connectivity index (χ2v) is 12.9. The van der Waals surface area contributed by atoms with E-state index in [0.29, 0.717) is 25.5 Å². The van der Waals surface area contributed by atoms with Crippen LogP contribution in [0.4, 0.5) is 0 Å². The highest BCUT2D eigenvalue weighted by atomic mass is 16.5. The normalized spacial score (nSPS) is 15.9. The van der Waals surface area contributed by atoms with Gasteiger partial charge in [0.1, 0.15) is 18.2 Å². The van der Waals surface area contributed by atoms with Crippen molar-refractivity contribution in [3.8, 4) is 34.0 Å². The average molecular weight is 638 g/mol. The molecule has 1 N–H and O–H groups in total. The van der Waals surface area contributed by atoms with Gasteiger partial charge in [-0.3, -0.25) is 0 Å². The fourth-order valence-corrected chi connectivity index (χ4v) is 6.65. The van der Waals surface area contributed by atoms with Gasteiger partial charge in [0.05, 0.1) is 42.6 Å². The molecule has 7 nitrogen and oxygen atoms in total. The number of aryl methyl sites for hydroxylation is 2. The second kappa shape index (κ2) is 13.3. The standard InChI is InChI=1S/C41H39N3O4/c1-27-7-16-37-38(20-27)44(24-35-17-19-46-35)40(42-37)23-33-14-13-32-22-39(33)47-18-3-4-30-21-31(29-10-8-28(25-45)9-11-29)12-15-34(30)26-48-41-6-2-5-36(32)43-41/h2,5-16,20-22,35,45H,3-4,17-19,23-26H2,1H3. The molecule has 6 aromatic rings. The van der Waals surface area contributed by atoms with Crippen molar-refractivity contribution in [2.45, 2.75) is 58.5 Å². The molecule has 0 radical (unpaired) electrons. The molecule has 2 aliphatic heterocycles. The van der Waals surface area contributed by atoms with Crippen molar-refractivity contribution in [1.29, 1.82) is 0 Å². The van der Waals surface area contributed by atoms with Crippen LogP contribution in [0.3, 0.4) is 0 Å². The number of aliphatic hydroxyl groups excluding tert-OH is 1. The van der Waals surface area contributed by atoms with Crippen molar-refractivity contribution in [2.75, 3.05) is 13.2 Å². The minimum atomic E-state index is 0.0385. The lowest BCUT2D eigenvalue weighted by atomic mass is 9.96. The molecule has 2 aromatic heterocycles. The van der Waals surface area contributed by atoms with Crippen molar-refractivity contribution >= 4 is 11.0 Å². The number of ether oxygens (including phenoxy) is 3. The Morgan fingerprint density at radius 1 is 0.812 bits per heavy atom. The van der Waals surface area contributed by atoms with Gasteiger partial charge in [-0.2, -0.15) is 0 Å². The Balaban J connectivity index is 1.12. The van der Waals surface area contributed by atoms with E-state index >= 15 is 0 Å². The van der Waals surface area contributed by atoms with Crippen LogP contribution in [0.1, 0.15) is 46.5 Å². The summed E-state index contributed by atoms with van der Waals surface area (Å²) in [6.07, 6.45) is 3.64. The predicted octanol–water partition coefficient (Wildman–Crippen LogP) is 7.85. The topological polar surface area (TPSA) is 78.6 Å². The number of aliphatic hydroxyl groups is 1. The Morgan fingerprint density at radius 3 is 2.50 bits per heavy atom. The van der Waals surface area contributed by atoms with Crippen LogP contribution in [-0.4, -0.2) is 39.0 Å². The summed E-state index contributed by atoms with van der Waals surface area (Å²) in [4.78, 5) is 9.97. The largest absolute Gasteiger partial charge is 0.493 e. The molecule has 1 atom stereocenters. The molecule has 1 fully saturated rings. The highest BCUT2D eigenvalue weighted by molar-refractivity contribution is 5.77. The summed E-state index contributed by atoms with van der Waals surface area (Å²) in [6.45, 7) is 4.81. The zero-order valence-electron chi connectivity index (χ0n) is 27.2. The van der Waals surface area contributed by atoms with Crippen LogP contribution < -0.4 is 9.47 Å². The molecule has 1 saturated heterocycles. The van der Waals surface area contributed by atoms with Crippen molar-refractivity contribution in [2.24, 2.45) is 0 Å². The Labute approximate surface area is 280 Å². The number of benzene rings is 4. The summed E-state index contributed by atoms with van der Waals surface area (Å²) >= 11 is 0. The van der Waals surface area contributed by atoms with Crippen LogP contribution in [-0.2, 0) is 37.3 Å². The van der Waals surface area contributed by atoms with Crippen LogP contribution in [0.2, 0.25) is 0 Å². The van der Waals surface area contributed by atoms with Crippen molar-refractivity contribution in [3.63, 3.8) is 0 Å². The summed E-state index contributed by atoms with van der Waals surface area (Å²) in [6, 6.07) is 33.4. The quantitative estimate of drug-likeness (QED) is 0.200. The molecule has 4 aromatic carbocycles. The Kier molecular flexibility index (Phi) is 8.39. The van der Waals surface area contributed by atoms with Gasteiger partial charge < -0.3 is 23.9 Å². The van der Waals surface area contributed by atoms with E-state index in [0.717, 1.165) is 94.1 Å². The number of hydrogen-bond acceptors (Lipinski definition) is 6. The molecule has 0 saturated carbocycles. The monoisotopic (exact) mass is 637 g/mol. The molecule has 48 heavy (non-hydrogen) atoms. The molecule has 4 bridgehead atoms. The third-order valence-corrected chi connectivity index (χ3v) is 9.50. The maximum Gasteiger partial charge on any atom is 0.214 e. The summed E-state index contributed by atoms with van der Waals surface area (Å²) < 4.78 is 21.1.